The summed E-state index contributed by atoms with van der Waals surface area (Å²) in [6, 6.07) is 12.9. The number of nitrogens with zero attached hydrogens (tertiary/aromatic N) is 2. The molecule has 0 aliphatic heterocycles. The van der Waals surface area contributed by atoms with E-state index in [2.05, 4.69) is 5.32 Å². The average molecular weight is 516 g/mol. The number of rotatable bonds is 10. The van der Waals surface area contributed by atoms with Crippen LogP contribution >= 0.6 is 0 Å². The number of hydrogen-bond donors (Lipinski definition) is 1. The molecule has 36 heavy (non-hydrogen) atoms. The van der Waals surface area contributed by atoms with Crippen LogP contribution in [0.5, 0.6) is 0 Å². The van der Waals surface area contributed by atoms with E-state index in [4.69, 9.17) is 0 Å². The zero-order valence-electron chi connectivity index (χ0n) is 22.2. The Balaban J connectivity index is 2.51. The van der Waals surface area contributed by atoms with Crippen molar-refractivity contribution < 1.29 is 22.8 Å². The van der Waals surface area contributed by atoms with Crippen LogP contribution in [0.4, 0.5) is 5.69 Å². The van der Waals surface area contributed by atoms with Gasteiger partial charge in [-0.15, -0.1) is 0 Å². The van der Waals surface area contributed by atoms with E-state index in [1.807, 2.05) is 58.9 Å². The first-order valence-corrected chi connectivity index (χ1v) is 13.7. The molecule has 196 valence electrons. The highest BCUT2D eigenvalue weighted by Gasteiger charge is 2.33. The SMILES string of the molecule is CC[C@H](C(=O)NC(C)(C)C)N(Cc1ccccc1C)C(=O)CN(c1cccc(C(C)=O)c1)S(C)(=O)=O. The summed E-state index contributed by atoms with van der Waals surface area (Å²) in [5.41, 5.74) is 1.85. The molecule has 0 radical (unpaired) electrons. The number of nitrogens with one attached hydrogen (secondary N) is 1. The maximum Gasteiger partial charge on any atom is 0.244 e. The number of benzene rings is 2. The second kappa shape index (κ2) is 11.7. The molecule has 0 aliphatic rings. The van der Waals surface area contributed by atoms with Gasteiger partial charge >= 0.3 is 0 Å². The molecule has 8 nitrogen and oxygen atoms in total. The van der Waals surface area contributed by atoms with Gasteiger partial charge in [-0.1, -0.05) is 43.3 Å². The van der Waals surface area contributed by atoms with Crippen LogP contribution in [0.3, 0.4) is 0 Å². The molecule has 0 aliphatic carbocycles. The highest BCUT2D eigenvalue weighted by molar-refractivity contribution is 7.92. The molecule has 9 heteroatoms. The Morgan fingerprint density at radius 2 is 1.67 bits per heavy atom. The van der Waals surface area contributed by atoms with Crippen LogP contribution < -0.4 is 9.62 Å². The van der Waals surface area contributed by atoms with Crippen molar-refractivity contribution in [2.45, 2.75) is 66.1 Å². The number of sulfonamides is 1. The molecule has 0 unspecified atom stereocenters. The van der Waals surface area contributed by atoms with E-state index >= 15 is 0 Å². The minimum absolute atomic E-state index is 0.145. The Morgan fingerprint density at radius 1 is 1.03 bits per heavy atom. The van der Waals surface area contributed by atoms with E-state index in [9.17, 15) is 22.8 Å². The van der Waals surface area contributed by atoms with Crippen LogP contribution in [0, 0.1) is 6.92 Å². The van der Waals surface area contributed by atoms with Crippen molar-refractivity contribution in [3.05, 3.63) is 65.2 Å². The van der Waals surface area contributed by atoms with Gasteiger partial charge in [0.15, 0.2) is 5.78 Å². The fourth-order valence-electron chi connectivity index (χ4n) is 3.84. The summed E-state index contributed by atoms with van der Waals surface area (Å²) in [6.45, 7) is 10.3. The molecule has 0 bridgehead atoms. The first kappa shape index (κ1) is 29.0. The molecule has 2 amide bonds. The number of anilines is 1. The predicted molar refractivity (Wildman–Crippen MR) is 142 cm³/mol. The Labute approximate surface area is 214 Å². The highest BCUT2D eigenvalue weighted by Crippen LogP contribution is 2.22. The van der Waals surface area contributed by atoms with Gasteiger partial charge in [0.2, 0.25) is 21.8 Å². The summed E-state index contributed by atoms with van der Waals surface area (Å²) in [5, 5.41) is 2.94. The van der Waals surface area contributed by atoms with Crippen LogP contribution in [-0.2, 0) is 26.2 Å². The van der Waals surface area contributed by atoms with Gasteiger partial charge in [0, 0.05) is 17.6 Å². The molecule has 0 saturated carbocycles. The topological polar surface area (TPSA) is 104 Å². The molecular formula is C27H37N3O5S. The second-order valence-corrected chi connectivity index (χ2v) is 11.9. The van der Waals surface area contributed by atoms with Crippen molar-refractivity contribution in [1.82, 2.24) is 10.2 Å². The van der Waals surface area contributed by atoms with Gasteiger partial charge in [0.1, 0.15) is 12.6 Å². The predicted octanol–water partition coefficient (Wildman–Crippen LogP) is 3.69. The molecular weight excluding hydrogens is 478 g/mol. The van der Waals surface area contributed by atoms with E-state index in [0.717, 1.165) is 21.7 Å². The van der Waals surface area contributed by atoms with Crippen LogP contribution in [0.1, 0.15) is 62.5 Å². The number of hydrogen-bond acceptors (Lipinski definition) is 5. The van der Waals surface area contributed by atoms with Crippen molar-refractivity contribution in [2.75, 3.05) is 17.1 Å². The molecule has 2 aromatic rings. The lowest BCUT2D eigenvalue weighted by atomic mass is 10.0. The van der Waals surface area contributed by atoms with E-state index in [0.29, 0.717) is 12.0 Å². The molecule has 0 spiro atoms. The third-order valence-electron chi connectivity index (χ3n) is 5.71. The zero-order valence-corrected chi connectivity index (χ0v) is 23.0. The summed E-state index contributed by atoms with van der Waals surface area (Å²) in [5.74, 6) is -1.05. The zero-order chi connectivity index (χ0) is 27.3. The summed E-state index contributed by atoms with van der Waals surface area (Å²) in [4.78, 5) is 40.3. The maximum atomic E-state index is 13.8. The first-order valence-electron chi connectivity index (χ1n) is 11.9. The Hall–Kier alpha value is -3.20. The number of aryl methyl sites for hydroxylation is 1. The third-order valence-corrected chi connectivity index (χ3v) is 6.85. The number of carbonyl (C=O) groups is 3. The molecule has 0 aromatic heterocycles. The largest absolute Gasteiger partial charge is 0.350 e. The van der Waals surface area contributed by atoms with Crippen molar-refractivity contribution in [2.24, 2.45) is 0 Å². The molecule has 2 aromatic carbocycles. The minimum atomic E-state index is -3.88. The van der Waals surface area contributed by atoms with Crippen LogP contribution in [0.15, 0.2) is 48.5 Å². The second-order valence-electron chi connectivity index (χ2n) is 9.99. The summed E-state index contributed by atoms with van der Waals surface area (Å²) >= 11 is 0. The Kier molecular flexibility index (Phi) is 9.43. The molecule has 0 heterocycles. The van der Waals surface area contributed by atoms with E-state index < -0.39 is 34.1 Å². The van der Waals surface area contributed by atoms with Gasteiger partial charge < -0.3 is 10.2 Å². The smallest absolute Gasteiger partial charge is 0.244 e. The first-order chi connectivity index (χ1) is 16.6. The van der Waals surface area contributed by atoms with Crippen molar-refractivity contribution >= 4 is 33.3 Å². The van der Waals surface area contributed by atoms with Gasteiger partial charge in [-0.25, -0.2) is 8.42 Å². The Bertz CT molecular complexity index is 1220. The molecule has 1 atom stereocenters. The average Bonchev–Trinajstić information content (AvgIpc) is 2.76. The number of ketones is 1. The van der Waals surface area contributed by atoms with Gasteiger partial charge in [-0.05, 0) is 64.3 Å². The van der Waals surface area contributed by atoms with Gasteiger partial charge in [0.25, 0.3) is 0 Å². The lowest BCUT2D eigenvalue weighted by molar-refractivity contribution is -0.141. The third kappa shape index (κ3) is 7.91. The maximum absolute atomic E-state index is 13.8. The van der Waals surface area contributed by atoms with Crippen LogP contribution in [0.2, 0.25) is 0 Å². The van der Waals surface area contributed by atoms with E-state index in [1.165, 1.54) is 24.0 Å². The number of amides is 2. The van der Waals surface area contributed by atoms with Gasteiger partial charge in [0.05, 0.1) is 11.9 Å². The summed E-state index contributed by atoms with van der Waals surface area (Å²) in [6.07, 6.45) is 1.36. The lowest BCUT2D eigenvalue weighted by Crippen LogP contribution is -2.55. The summed E-state index contributed by atoms with van der Waals surface area (Å²) in [7, 11) is -3.88. The van der Waals surface area contributed by atoms with E-state index in [1.54, 1.807) is 12.1 Å². The highest BCUT2D eigenvalue weighted by atomic mass is 32.2. The molecule has 0 fully saturated rings. The monoisotopic (exact) mass is 515 g/mol. The number of Topliss-reactive ketones (excluding diaryl/α,β-unsaturated/α-hetero) is 1. The lowest BCUT2D eigenvalue weighted by Gasteiger charge is -2.34. The molecule has 0 saturated heterocycles. The molecule has 1 N–H and O–H groups in total. The standard InChI is InChI=1S/C27H37N3O5S/c1-8-24(26(33)28-27(4,5)6)29(17-22-13-10-9-12-19(22)2)25(32)18-30(36(7,34)35)23-15-11-14-21(16-23)20(3)31/h9-16,24H,8,17-18H2,1-7H3,(H,28,33)/t24-/m1/s1. The van der Waals surface area contributed by atoms with Crippen molar-refractivity contribution in [1.29, 1.82) is 0 Å². The van der Waals surface area contributed by atoms with Crippen LogP contribution in [-0.4, -0.2) is 55.3 Å². The van der Waals surface area contributed by atoms with Crippen molar-refractivity contribution in [3.8, 4) is 0 Å². The Morgan fingerprint density at radius 3 is 2.19 bits per heavy atom. The fourth-order valence-corrected chi connectivity index (χ4v) is 4.68. The quantitative estimate of drug-likeness (QED) is 0.486. The van der Waals surface area contributed by atoms with E-state index in [-0.39, 0.29) is 23.9 Å². The number of carbonyl (C=O) groups excluding carboxylic acids is 3. The fraction of sp³-hybridized carbons (Fsp3) is 0.444. The summed E-state index contributed by atoms with van der Waals surface area (Å²) < 4.78 is 26.4. The van der Waals surface area contributed by atoms with Crippen LogP contribution in [0.25, 0.3) is 0 Å². The van der Waals surface area contributed by atoms with Crippen molar-refractivity contribution in [3.63, 3.8) is 0 Å². The normalized spacial score (nSPS) is 12.5. The minimum Gasteiger partial charge on any atom is -0.350 e. The van der Waals surface area contributed by atoms with Gasteiger partial charge in [-0.3, -0.25) is 18.7 Å². The van der Waals surface area contributed by atoms with Gasteiger partial charge in [-0.2, -0.15) is 0 Å². The molecule has 2 rings (SSSR count).